The molecule has 0 saturated carbocycles. The van der Waals surface area contributed by atoms with Crippen LogP contribution in [-0.4, -0.2) is 79.3 Å². The number of methoxy groups -OCH3 is 1. The molecule has 5 rings (SSSR count). The zero-order valence-electron chi connectivity index (χ0n) is 21.3. The Balaban J connectivity index is 1.20. The Labute approximate surface area is 218 Å². The van der Waals surface area contributed by atoms with Gasteiger partial charge in [-0.15, -0.1) is 0 Å². The average Bonchev–Trinajstić information content (AvgIpc) is 3.43. The summed E-state index contributed by atoms with van der Waals surface area (Å²) in [6.45, 7) is 6.04. The summed E-state index contributed by atoms with van der Waals surface area (Å²) in [6.07, 6.45) is 8.10. The fourth-order valence-electron chi connectivity index (χ4n) is 5.33. The Morgan fingerprint density at radius 3 is 2.78 bits per heavy atom. The number of imidazole rings is 1. The van der Waals surface area contributed by atoms with E-state index in [2.05, 4.69) is 16.9 Å². The molecule has 10 nitrogen and oxygen atoms in total. The van der Waals surface area contributed by atoms with Crippen molar-refractivity contribution in [1.82, 2.24) is 13.9 Å². The molecule has 2 aromatic rings. The monoisotopic (exact) mass is 529 g/mol. The number of hydrogen-bond donors (Lipinski definition) is 2. The van der Waals surface area contributed by atoms with Crippen molar-refractivity contribution >= 4 is 27.0 Å². The molecule has 37 heavy (non-hydrogen) atoms. The molecule has 2 unspecified atom stereocenters. The number of sulfonamides is 1. The van der Waals surface area contributed by atoms with Crippen molar-refractivity contribution in [2.75, 3.05) is 43.6 Å². The molecule has 0 bridgehead atoms. The van der Waals surface area contributed by atoms with Crippen LogP contribution in [0.2, 0.25) is 0 Å². The molecule has 0 aliphatic carbocycles. The second-order valence-corrected chi connectivity index (χ2v) is 11.7. The maximum atomic E-state index is 12.9. The maximum Gasteiger partial charge on any atom is 0.262 e. The first kappa shape index (κ1) is 25.9. The topological polar surface area (TPSA) is 112 Å². The Morgan fingerprint density at radius 2 is 2.11 bits per heavy atom. The van der Waals surface area contributed by atoms with E-state index in [1.807, 2.05) is 29.2 Å². The van der Waals surface area contributed by atoms with E-state index in [0.717, 1.165) is 41.8 Å². The molecule has 200 valence electrons. The van der Waals surface area contributed by atoms with E-state index in [1.165, 1.54) is 16.8 Å². The summed E-state index contributed by atoms with van der Waals surface area (Å²) in [6, 6.07) is 6.08. The summed E-state index contributed by atoms with van der Waals surface area (Å²) < 4.78 is 40.0. The fraction of sp³-hybridized carbons (Fsp3) is 0.500. The first-order chi connectivity index (χ1) is 17.8. The van der Waals surface area contributed by atoms with Crippen LogP contribution in [0.25, 0.3) is 5.57 Å². The SMILES string of the molecule is C=C/C=C1\c2cc(N[C@H]3OC3C3CCN(S(=O)(=O)c4cn(C)cn4)CC3)ccc2N(CCCOC)C1O. The molecular weight excluding hydrogens is 494 g/mol. The van der Waals surface area contributed by atoms with Crippen molar-refractivity contribution in [2.24, 2.45) is 13.0 Å². The van der Waals surface area contributed by atoms with Gasteiger partial charge in [-0.2, -0.15) is 4.31 Å². The number of hydrogen-bond acceptors (Lipinski definition) is 8. The molecule has 0 spiro atoms. The van der Waals surface area contributed by atoms with E-state index in [4.69, 9.17) is 9.47 Å². The smallest absolute Gasteiger partial charge is 0.262 e. The van der Waals surface area contributed by atoms with Gasteiger partial charge in [0.05, 0.1) is 6.33 Å². The van der Waals surface area contributed by atoms with Crippen LogP contribution in [0.3, 0.4) is 0 Å². The van der Waals surface area contributed by atoms with Gasteiger partial charge in [0, 0.05) is 69.1 Å². The van der Waals surface area contributed by atoms with Crippen molar-refractivity contribution in [3.8, 4) is 0 Å². The number of epoxide rings is 1. The van der Waals surface area contributed by atoms with Crippen LogP contribution in [0.15, 0.2) is 54.5 Å². The molecule has 1 aromatic heterocycles. The lowest BCUT2D eigenvalue weighted by Gasteiger charge is -2.29. The third-order valence-corrected chi connectivity index (χ3v) is 9.10. The number of aliphatic hydroxyl groups is 1. The lowest BCUT2D eigenvalue weighted by molar-refractivity contribution is 0.187. The number of rotatable bonds is 10. The summed E-state index contributed by atoms with van der Waals surface area (Å²) >= 11 is 0. The molecule has 0 amide bonds. The molecule has 2 saturated heterocycles. The number of aryl methyl sites for hydroxylation is 1. The zero-order valence-corrected chi connectivity index (χ0v) is 22.1. The van der Waals surface area contributed by atoms with Crippen LogP contribution in [0.4, 0.5) is 11.4 Å². The highest BCUT2D eigenvalue weighted by Gasteiger charge is 2.47. The number of nitrogens with one attached hydrogen (secondary N) is 1. The summed E-state index contributed by atoms with van der Waals surface area (Å²) in [4.78, 5) is 6.01. The van der Waals surface area contributed by atoms with Crippen molar-refractivity contribution in [2.45, 2.75) is 42.8 Å². The summed E-state index contributed by atoms with van der Waals surface area (Å²) in [5, 5.41) is 14.5. The van der Waals surface area contributed by atoms with Gasteiger partial charge in [0.2, 0.25) is 0 Å². The normalized spacial score (nSPS) is 25.4. The highest BCUT2D eigenvalue weighted by Crippen LogP contribution is 2.42. The van der Waals surface area contributed by atoms with Crippen molar-refractivity contribution in [3.63, 3.8) is 0 Å². The van der Waals surface area contributed by atoms with Gasteiger partial charge < -0.3 is 29.4 Å². The quantitative estimate of drug-likeness (QED) is 0.357. The predicted octanol–water partition coefficient (Wildman–Crippen LogP) is 2.40. The first-order valence-electron chi connectivity index (χ1n) is 12.6. The van der Waals surface area contributed by atoms with Gasteiger partial charge in [0.15, 0.2) is 17.5 Å². The van der Waals surface area contributed by atoms with Crippen molar-refractivity contribution in [1.29, 1.82) is 0 Å². The van der Waals surface area contributed by atoms with E-state index >= 15 is 0 Å². The van der Waals surface area contributed by atoms with Gasteiger partial charge in [-0.3, -0.25) is 0 Å². The minimum atomic E-state index is -3.56. The van der Waals surface area contributed by atoms with Crippen LogP contribution in [0, 0.1) is 5.92 Å². The third-order valence-electron chi connectivity index (χ3n) is 7.32. The van der Waals surface area contributed by atoms with Gasteiger partial charge in [-0.05, 0) is 43.4 Å². The number of ether oxygens (including phenoxy) is 2. The zero-order chi connectivity index (χ0) is 26.2. The van der Waals surface area contributed by atoms with Crippen molar-refractivity contribution < 1.29 is 23.0 Å². The molecule has 0 radical (unpaired) electrons. The van der Waals surface area contributed by atoms with Crippen molar-refractivity contribution in [3.05, 3.63) is 55.0 Å². The molecule has 1 aromatic carbocycles. The van der Waals surface area contributed by atoms with Crippen LogP contribution in [-0.2, 0) is 26.5 Å². The van der Waals surface area contributed by atoms with Gasteiger partial charge >= 0.3 is 0 Å². The van der Waals surface area contributed by atoms with E-state index in [0.29, 0.717) is 26.2 Å². The second-order valence-electron chi connectivity index (χ2n) is 9.79. The Bertz CT molecular complexity index is 1270. The lowest BCUT2D eigenvalue weighted by Crippen LogP contribution is -2.40. The number of piperidine rings is 1. The van der Waals surface area contributed by atoms with Gasteiger partial charge in [-0.1, -0.05) is 18.7 Å². The minimum absolute atomic E-state index is 0.0484. The van der Waals surface area contributed by atoms with Gasteiger partial charge in [-0.25, -0.2) is 13.4 Å². The van der Waals surface area contributed by atoms with Crippen LogP contribution < -0.4 is 10.2 Å². The average molecular weight is 530 g/mol. The number of benzene rings is 1. The highest BCUT2D eigenvalue weighted by molar-refractivity contribution is 7.89. The lowest BCUT2D eigenvalue weighted by atomic mass is 9.94. The predicted molar refractivity (Wildman–Crippen MR) is 141 cm³/mol. The molecule has 3 aliphatic rings. The summed E-state index contributed by atoms with van der Waals surface area (Å²) in [7, 11) is -0.128. The molecule has 2 N–H and O–H groups in total. The molecule has 3 aliphatic heterocycles. The molecule has 2 fully saturated rings. The number of aromatic nitrogens is 2. The number of nitrogens with zero attached hydrogens (tertiary/aromatic N) is 4. The first-order valence-corrected chi connectivity index (χ1v) is 14.1. The Hall–Kier alpha value is -2.70. The number of allylic oxidation sites excluding steroid dienone is 2. The van der Waals surface area contributed by atoms with Crippen LogP contribution >= 0.6 is 0 Å². The van der Waals surface area contributed by atoms with Gasteiger partial charge in [0.1, 0.15) is 6.10 Å². The fourth-order valence-corrected chi connectivity index (χ4v) is 6.77. The largest absolute Gasteiger partial charge is 0.385 e. The molecular formula is C26H35N5O5S. The Morgan fingerprint density at radius 1 is 1.32 bits per heavy atom. The van der Waals surface area contributed by atoms with E-state index in [-0.39, 0.29) is 23.3 Å². The molecule has 3 atom stereocenters. The maximum absolute atomic E-state index is 12.9. The highest BCUT2D eigenvalue weighted by atomic mass is 32.2. The molecule has 11 heteroatoms. The van der Waals surface area contributed by atoms with E-state index < -0.39 is 16.3 Å². The molecule has 4 heterocycles. The summed E-state index contributed by atoms with van der Waals surface area (Å²) in [5.74, 6) is 0.288. The standard InChI is InChI=1S/C26H35N5O5S/c1-4-6-20-21-15-19(7-8-22(21)31(26(20)32)11-5-14-35-3)28-25-24(36-25)18-9-12-30(13-10-18)37(33,34)23-16-29(2)17-27-23/h4,6-8,15-18,24-26,28,32H,1,5,9-14H2,2-3H3/b20-6+/t24?,25-,26?/m0/s1. The number of anilines is 2. The minimum Gasteiger partial charge on any atom is -0.385 e. The number of fused-ring (bicyclic) bond motifs is 1. The van der Waals surface area contributed by atoms with Crippen LogP contribution in [0.5, 0.6) is 0 Å². The van der Waals surface area contributed by atoms with E-state index in [9.17, 15) is 13.5 Å². The summed E-state index contributed by atoms with van der Waals surface area (Å²) in [5.41, 5.74) is 3.69. The van der Waals surface area contributed by atoms with E-state index in [1.54, 1.807) is 24.8 Å². The third kappa shape index (κ3) is 5.19. The second kappa shape index (κ2) is 10.6. The van der Waals surface area contributed by atoms with Gasteiger partial charge in [0.25, 0.3) is 10.0 Å². The van der Waals surface area contributed by atoms with Crippen LogP contribution in [0.1, 0.15) is 24.8 Å². The number of aliphatic hydroxyl groups excluding tert-OH is 1. The Kier molecular flexibility index (Phi) is 7.42.